The van der Waals surface area contributed by atoms with Gasteiger partial charge >= 0.3 is 0 Å². The first-order valence-corrected chi connectivity index (χ1v) is 9.15. The SMILES string of the molecule is N#Cc1c(N)ncnc1NCCc1cnc2c(F)cccc2c1-c1cccc(F)c1. The van der Waals surface area contributed by atoms with Crippen LogP contribution in [0.1, 0.15) is 11.1 Å². The summed E-state index contributed by atoms with van der Waals surface area (Å²) in [6, 6.07) is 12.8. The van der Waals surface area contributed by atoms with Gasteiger partial charge in [0, 0.05) is 18.1 Å². The number of anilines is 2. The molecule has 148 valence electrons. The quantitative estimate of drug-likeness (QED) is 0.522. The molecule has 0 atom stereocenters. The van der Waals surface area contributed by atoms with E-state index in [-0.39, 0.29) is 22.7 Å². The molecule has 6 nitrogen and oxygen atoms in total. The molecule has 4 aromatic rings. The van der Waals surface area contributed by atoms with Crippen molar-refractivity contribution in [3.63, 3.8) is 0 Å². The molecule has 0 saturated carbocycles. The molecule has 0 aliphatic carbocycles. The monoisotopic (exact) mass is 402 g/mol. The van der Waals surface area contributed by atoms with E-state index in [1.54, 1.807) is 30.5 Å². The number of fused-ring (bicyclic) bond motifs is 1. The van der Waals surface area contributed by atoms with E-state index in [0.717, 1.165) is 5.56 Å². The van der Waals surface area contributed by atoms with Gasteiger partial charge in [0.2, 0.25) is 0 Å². The Morgan fingerprint density at radius 2 is 1.90 bits per heavy atom. The zero-order valence-corrected chi connectivity index (χ0v) is 15.7. The fourth-order valence-corrected chi connectivity index (χ4v) is 3.36. The highest BCUT2D eigenvalue weighted by Crippen LogP contribution is 2.33. The first-order valence-electron chi connectivity index (χ1n) is 9.15. The second kappa shape index (κ2) is 8.09. The Morgan fingerprint density at radius 3 is 2.70 bits per heavy atom. The topological polar surface area (TPSA) is 101 Å². The van der Waals surface area contributed by atoms with Crippen LogP contribution in [0.25, 0.3) is 22.0 Å². The third kappa shape index (κ3) is 3.61. The van der Waals surface area contributed by atoms with Crippen LogP contribution >= 0.6 is 0 Å². The summed E-state index contributed by atoms with van der Waals surface area (Å²) in [4.78, 5) is 12.1. The third-order valence-electron chi connectivity index (χ3n) is 4.72. The molecule has 0 fully saturated rings. The van der Waals surface area contributed by atoms with E-state index in [2.05, 4.69) is 20.3 Å². The highest BCUT2D eigenvalue weighted by atomic mass is 19.1. The predicted molar refractivity (Wildman–Crippen MR) is 110 cm³/mol. The first-order chi connectivity index (χ1) is 14.6. The van der Waals surface area contributed by atoms with Crippen molar-refractivity contribution in [1.82, 2.24) is 15.0 Å². The van der Waals surface area contributed by atoms with Crippen molar-refractivity contribution in [2.24, 2.45) is 0 Å². The second-order valence-corrected chi connectivity index (χ2v) is 6.58. The minimum Gasteiger partial charge on any atom is -0.382 e. The van der Waals surface area contributed by atoms with Gasteiger partial charge in [0.05, 0.1) is 0 Å². The maximum absolute atomic E-state index is 14.3. The molecule has 8 heteroatoms. The first kappa shape index (κ1) is 19.2. The highest BCUT2D eigenvalue weighted by Gasteiger charge is 2.15. The van der Waals surface area contributed by atoms with E-state index >= 15 is 0 Å². The molecule has 4 rings (SSSR count). The molecule has 2 aromatic carbocycles. The lowest BCUT2D eigenvalue weighted by atomic mass is 9.94. The van der Waals surface area contributed by atoms with Gasteiger partial charge < -0.3 is 11.1 Å². The summed E-state index contributed by atoms with van der Waals surface area (Å²) in [5.41, 5.74) is 8.25. The predicted octanol–water partition coefficient (Wildman–Crippen LogP) is 4.08. The zero-order valence-electron chi connectivity index (χ0n) is 15.7. The van der Waals surface area contributed by atoms with Gasteiger partial charge in [0.1, 0.15) is 46.7 Å². The van der Waals surface area contributed by atoms with Crippen LogP contribution in [-0.4, -0.2) is 21.5 Å². The summed E-state index contributed by atoms with van der Waals surface area (Å²) in [7, 11) is 0. The number of nitrogens with two attached hydrogens (primary N) is 1. The normalized spacial score (nSPS) is 10.7. The summed E-state index contributed by atoms with van der Waals surface area (Å²) in [5, 5.41) is 12.9. The maximum Gasteiger partial charge on any atom is 0.149 e. The number of aromatic nitrogens is 3. The Morgan fingerprint density at radius 1 is 1.07 bits per heavy atom. The number of nitrogens with one attached hydrogen (secondary N) is 1. The van der Waals surface area contributed by atoms with Gasteiger partial charge in [-0.3, -0.25) is 4.98 Å². The minimum absolute atomic E-state index is 0.0956. The number of halogens is 2. The largest absolute Gasteiger partial charge is 0.382 e. The van der Waals surface area contributed by atoms with Crippen molar-refractivity contribution >= 4 is 22.5 Å². The number of rotatable bonds is 5. The average Bonchev–Trinajstić information content (AvgIpc) is 2.74. The van der Waals surface area contributed by atoms with Crippen LogP contribution in [0.3, 0.4) is 0 Å². The molecule has 0 spiro atoms. The third-order valence-corrected chi connectivity index (χ3v) is 4.72. The Bertz CT molecular complexity index is 1280. The number of para-hydroxylation sites is 1. The van der Waals surface area contributed by atoms with Crippen LogP contribution in [0.15, 0.2) is 55.0 Å². The highest BCUT2D eigenvalue weighted by molar-refractivity contribution is 5.96. The van der Waals surface area contributed by atoms with Crippen molar-refractivity contribution in [2.75, 3.05) is 17.6 Å². The fraction of sp³-hybridized carbons (Fsp3) is 0.0909. The van der Waals surface area contributed by atoms with E-state index in [1.807, 2.05) is 6.07 Å². The number of benzene rings is 2. The standard InChI is InChI=1S/C22H16F2N6/c23-15-4-1-3-13(9-15)19-14(11-28-20-16(19)5-2-6-18(20)24)7-8-27-22-17(10-25)21(26)29-12-30-22/h1-6,9,11-12H,7-8H2,(H3,26,27,29,30). The van der Waals surface area contributed by atoms with Crippen molar-refractivity contribution < 1.29 is 8.78 Å². The van der Waals surface area contributed by atoms with Crippen LogP contribution in [0.4, 0.5) is 20.4 Å². The fourth-order valence-electron chi connectivity index (χ4n) is 3.36. The Hall–Kier alpha value is -4.12. The maximum atomic E-state index is 14.3. The lowest BCUT2D eigenvalue weighted by molar-refractivity contribution is 0.628. The summed E-state index contributed by atoms with van der Waals surface area (Å²) < 4.78 is 28.2. The van der Waals surface area contributed by atoms with E-state index in [4.69, 9.17) is 5.73 Å². The molecule has 0 saturated heterocycles. The number of pyridine rings is 1. The number of nitrogen functional groups attached to an aromatic ring is 1. The van der Waals surface area contributed by atoms with Crippen LogP contribution in [0, 0.1) is 23.0 Å². The molecule has 2 aromatic heterocycles. The van der Waals surface area contributed by atoms with Gasteiger partial charge in [-0.25, -0.2) is 18.7 Å². The van der Waals surface area contributed by atoms with Crippen molar-refractivity contribution in [1.29, 1.82) is 5.26 Å². The van der Waals surface area contributed by atoms with E-state index in [0.29, 0.717) is 35.3 Å². The van der Waals surface area contributed by atoms with Crippen molar-refractivity contribution in [3.8, 4) is 17.2 Å². The molecule has 3 N–H and O–H groups in total. The van der Waals surface area contributed by atoms with Crippen LogP contribution in [0.5, 0.6) is 0 Å². The van der Waals surface area contributed by atoms with Crippen LogP contribution in [0.2, 0.25) is 0 Å². The van der Waals surface area contributed by atoms with E-state index in [1.165, 1.54) is 24.5 Å². The molecule has 0 amide bonds. The van der Waals surface area contributed by atoms with Crippen LogP contribution < -0.4 is 11.1 Å². The second-order valence-electron chi connectivity index (χ2n) is 6.58. The minimum atomic E-state index is -0.440. The van der Waals surface area contributed by atoms with Gasteiger partial charge in [0.25, 0.3) is 0 Å². The molecular weight excluding hydrogens is 386 g/mol. The summed E-state index contributed by atoms with van der Waals surface area (Å²) in [6.07, 6.45) is 3.34. The average molecular weight is 402 g/mol. The molecule has 2 heterocycles. The lowest BCUT2D eigenvalue weighted by Gasteiger charge is -2.14. The molecule has 0 radical (unpaired) electrons. The molecule has 0 aliphatic heterocycles. The van der Waals surface area contributed by atoms with E-state index in [9.17, 15) is 14.0 Å². The Labute approximate surface area is 171 Å². The van der Waals surface area contributed by atoms with Crippen molar-refractivity contribution in [3.05, 3.63) is 77.8 Å². The Kier molecular flexibility index (Phi) is 5.18. The molecule has 0 bridgehead atoms. The molecule has 30 heavy (non-hydrogen) atoms. The molecule has 0 aliphatic rings. The van der Waals surface area contributed by atoms with Gasteiger partial charge in [-0.05, 0) is 41.3 Å². The molecule has 0 unspecified atom stereocenters. The van der Waals surface area contributed by atoms with Gasteiger partial charge in [-0.15, -0.1) is 0 Å². The summed E-state index contributed by atoms with van der Waals surface area (Å²) in [6.45, 7) is 0.399. The Balaban J connectivity index is 1.72. The van der Waals surface area contributed by atoms with Gasteiger partial charge in [-0.1, -0.05) is 24.3 Å². The van der Waals surface area contributed by atoms with E-state index < -0.39 is 5.82 Å². The smallest absolute Gasteiger partial charge is 0.149 e. The summed E-state index contributed by atoms with van der Waals surface area (Å²) in [5.74, 6) is -0.395. The zero-order chi connectivity index (χ0) is 21.1. The van der Waals surface area contributed by atoms with Gasteiger partial charge in [-0.2, -0.15) is 5.26 Å². The number of hydrogen-bond donors (Lipinski definition) is 2. The van der Waals surface area contributed by atoms with Crippen LogP contribution in [-0.2, 0) is 6.42 Å². The number of nitrogens with zero attached hydrogens (tertiary/aromatic N) is 4. The number of nitriles is 1. The summed E-state index contributed by atoms with van der Waals surface area (Å²) >= 11 is 0. The number of hydrogen-bond acceptors (Lipinski definition) is 6. The van der Waals surface area contributed by atoms with Crippen molar-refractivity contribution in [2.45, 2.75) is 6.42 Å². The lowest BCUT2D eigenvalue weighted by Crippen LogP contribution is -2.11. The molecular formula is C22H16F2N6. The van der Waals surface area contributed by atoms with Gasteiger partial charge in [0.15, 0.2) is 0 Å².